The number of hydrogen-bond acceptors (Lipinski definition) is 4. The Kier molecular flexibility index (Phi) is 7.70. The Bertz CT molecular complexity index is 1180. The fraction of sp³-hybridized carbons (Fsp3) is 0.333. The molecule has 0 atom stereocenters. The standard InChI is InChI=1S/C21H20F6N2O4S/c1-13(30)28(2)16-6-8-17(9-7-16)29(34(3,32)33)19(31)11-4-14-12-15(20(22,23)24)5-10-18(14)21(25,26)27/h5-10,12H,4,11H2,1-3H3. The van der Waals surface area contributed by atoms with Crippen LogP contribution in [-0.4, -0.2) is 33.5 Å². The minimum Gasteiger partial charge on any atom is -0.316 e. The molecule has 34 heavy (non-hydrogen) atoms. The van der Waals surface area contributed by atoms with Crippen LogP contribution in [0.25, 0.3) is 0 Å². The van der Waals surface area contributed by atoms with Gasteiger partial charge in [0, 0.05) is 26.1 Å². The van der Waals surface area contributed by atoms with Gasteiger partial charge in [-0.2, -0.15) is 26.3 Å². The molecule has 0 bridgehead atoms. The fourth-order valence-electron chi connectivity index (χ4n) is 3.11. The number of rotatable bonds is 6. The normalized spacial score (nSPS) is 12.4. The largest absolute Gasteiger partial charge is 0.416 e. The molecule has 0 N–H and O–H groups in total. The van der Waals surface area contributed by atoms with E-state index in [0.717, 1.165) is 0 Å². The number of carbonyl (C=O) groups is 2. The molecule has 2 amide bonds. The first kappa shape index (κ1) is 27.2. The van der Waals surface area contributed by atoms with Crippen molar-refractivity contribution in [2.75, 3.05) is 22.5 Å². The predicted octanol–water partition coefficient (Wildman–Crippen LogP) is 4.63. The maximum Gasteiger partial charge on any atom is 0.416 e. The van der Waals surface area contributed by atoms with Crippen LogP contribution in [0.15, 0.2) is 42.5 Å². The summed E-state index contributed by atoms with van der Waals surface area (Å²) < 4.78 is 104. The van der Waals surface area contributed by atoms with E-state index in [9.17, 15) is 44.3 Å². The number of aryl methyl sites for hydroxylation is 1. The highest BCUT2D eigenvalue weighted by Crippen LogP contribution is 2.37. The lowest BCUT2D eigenvalue weighted by Gasteiger charge is -2.22. The molecule has 0 saturated heterocycles. The van der Waals surface area contributed by atoms with Gasteiger partial charge in [0.1, 0.15) is 0 Å². The van der Waals surface area contributed by atoms with Gasteiger partial charge in [0.2, 0.25) is 21.8 Å². The van der Waals surface area contributed by atoms with E-state index in [1.165, 1.54) is 43.1 Å². The second-order valence-corrected chi connectivity index (χ2v) is 9.21. The lowest BCUT2D eigenvalue weighted by molar-refractivity contribution is -0.141. The van der Waals surface area contributed by atoms with E-state index in [0.29, 0.717) is 22.3 Å². The van der Waals surface area contributed by atoms with E-state index < -0.39 is 57.8 Å². The van der Waals surface area contributed by atoms with E-state index >= 15 is 0 Å². The number of hydrogen-bond donors (Lipinski definition) is 0. The summed E-state index contributed by atoms with van der Waals surface area (Å²) in [6, 6.07) is 6.02. The molecule has 0 aliphatic rings. The molecule has 2 aromatic rings. The molecule has 0 saturated carbocycles. The molecule has 0 radical (unpaired) electrons. The van der Waals surface area contributed by atoms with Crippen molar-refractivity contribution in [2.24, 2.45) is 0 Å². The average Bonchev–Trinajstić information content (AvgIpc) is 2.69. The lowest BCUT2D eigenvalue weighted by atomic mass is 9.99. The molecule has 0 spiro atoms. The minimum atomic E-state index is -4.97. The third-order valence-corrected chi connectivity index (χ3v) is 5.93. The van der Waals surface area contributed by atoms with Crippen molar-refractivity contribution in [3.05, 3.63) is 59.2 Å². The number of benzene rings is 2. The summed E-state index contributed by atoms with van der Waals surface area (Å²) in [5, 5.41) is 0. The number of sulfonamides is 1. The second kappa shape index (κ2) is 9.65. The van der Waals surface area contributed by atoms with Crippen LogP contribution in [0, 0.1) is 0 Å². The van der Waals surface area contributed by atoms with Crippen molar-refractivity contribution in [2.45, 2.75) is 32.1 Å². The smallest absolute Gasteiger partial charge is 0.316 e. The zero-order chi connectivity index (χ0) is 26.1. The summed E-state index contributed by atoms with van der Waals surface area (Å²) in [6.07, 6.45) is -10.8. The van der Waals surface area contributed by atoms with E-state index in [1.807, 2.05) is 0 Å². The molecule has 13 heteroatoms. The Morgan fingerprint density at radius 3 is 1.85 bits per heavy atom. The van der Waals surface area contributed by atoms with Crippen molar-refractivity contribution in [1.82, 2.24) is 0 Å². The number of alkyl halides is 6. The summed E-state index contributed by atoms with van der Waals surface area (Å²) >= 11 is 0. The molecule has 0 fully saturated rings. The molecular formula is C21H20F6N2O4S. The van der Waals surface area contributed by atoms with Crippen LogP contribution in [0.2, 0.25) is 0 Å². The third-order valence-electron chi connectivity index (χ3n) is 4.85. The topological polar surface area (TPSA) is 74.8 Å². The van der Waals surface area contributed by atoms with Crippen LogP contribution in [0.1, 0.15) is 30.0 Å². The van der Waals surface area contributed by atoms with Crippen molar-refractivity contribution in [1.29, 1.82) is 0 Å². The summed E-state index contributed by atoms with van der Waals surface area (Å²) in [4.78, 5) is 25.4. The third kappa shape index (κ3) is 6.49. The molecule has 186 valence electrons. The summed E-state index contributed by atoms with van der Waals surface area (Å²) in [6.45, 7) is 1.29. The van der Waals surface area contributed by atoms with Gasteiger partial charge in [0.25, 0.3) is 0 Å². The van der Waals surface area contributed by atoms with Crippen molar-refractivity contribution < 1.29 is 44.3 Å². The van der Waals surface area contributed by atoms with Gasteiger partial charge in [-0.3, -0.25) is 9.59 Å². The molecule has 0 unspecified atom stereocenters. The van der Waals surface area contributed by atoms with Gasteiger partial charge in [-0.05, 0) is 54.4 Å². The highest BCUT2D eigenvalue weighted by molar-refractivity contribution is 7.92. The predicted molar refractivity (Wildman–Crippen MR) is 113 cm³/mol. The van der Waals surface area contributed by atoms with E-state index in [4.69, 9.17) is 0 Å². The molecular weight excluding hydrogens is 490 g/mol. The van der Waals surface area contributed by atoms with Crippen LogP contribution in [-0.2, 0) is 38.4 Å². The second-order valence-electron chi connectivity index (χ2n) is 7.38. The van der Waals surface area contributed by atoms with Gasteiger partial charge >= 0.3 is 12.4 Å². The summed E-state index contributed by atoms with van der Waals surface area (Å²) in [7, 11) is -2.78. The highest BCUT2D eigenvalue weighted by atomic mass is 32.2. The van der Waals surface area contributed by atoms with Gasteiger partial charge in [0.05, 0.1) is 23.1 Å². The van der Waals surface area contributed by atoms with Crippen molar-refractivity contribution in [3.8, 4) is 0 Å². The Balaban J connectivity index is 2.37. The maximum absolute atomic E-state index is 13.3. The molecule has 6 nitrogen and oxygen atoms in total. The van der Waals surface area contributed by atoms with Gasteiger partial charge in [-0.1, -0.05) is 0 Å². The lowest BCUT2D eigenvalue weighted by Crippen LogP contribution is -2.36. The number of nitrogens with zero attached hydrogens (tertiary/aromatic N) is 2. The SMILES string of the molecule is CC(=O)N(C)c1ccc(N(C(=O)CCc2cc(C(F)(F)F)ccc2C(F)(F)F)S(C)(=O)=O)cc1. The first-order valence-corrected chi connectivity index (χ1v) is 11.4. The molecule has 0 aliphatic carbocycles. The monoisotopic (exact) mass is 510 g/mol. The van der Waals surface area contributed by atoms with E-state index in [-0.39, 0.29) is 23.7 Å². The fourth-order valence-corrected chi connectivity index (χ4v) is 4.08. The zero-order valence-electron chi connectivity index (χ0n) is 18.2. The maximum atomic E-state index is 13.3. The Morgan fingerprint density at radius 2 is 1.41 bits per heavy atom. The van der Waals surface area contributed by atoms with Gasteiger partial charge < -0.3 is 4.90 Å². The van der Waals surface area contributed by atoms with Crippen molar-refractivity contribution >= 4 is 33.2 Å². The van der Waals surface area contributed by atoms with Gasteiger partial charge in [-0.25, -0.2) is 12.7 Å². The van der Waals surface area contributed by atoms with E-state index in [2.05, 4.69) is 0 Å². The quantitative estimate of drug-likeness (QED) is 0.531. The zero-order valence-corrected chi connectivity index (χ0v) is 19.0. The highest BCUT2D eigenvalue weighted by Gasteiger charge is 2.37. The molecule has 0 heterocycles. The first-order chi connectivity index (χ1) is 15.4. The summed E-state index contributed by atoms with van der Waals surface area (Å²) in [5.74, 6) is -1.45. The molecule has 2 aromatic carbocycles. The number of amides is 2. The van der Waals surface area contributed by atoms with Gasteiger partial charge in [-0.15, -0.1) is 0 Å². The molecule has 2 rings (SSSR count). The Morgan fingerprint density at radius 1 is 0.882 bits per heavy atom. The number of anilines is 2. The molecule has 0 aromatic heterocycles. The van der Waals surface area contributed by atoms with Gasteiger partial charge in [0.15, 0.2) is 0 Å². The first-order valence-electron chi connectivity index (χ1n) is 9.57. The minimum absolute atomic E-state index is 0.145. The number of halogens is 6. The van der Waals surface area contributed by atoms with Crippen LogP contribution >= 0.6 is 0 Å². The van der Waals surface area contributed by atoms with Crippen molar-refractivity contribution in [3.63, 3.8) is 0 Å². The van der Waals surface area contributed by atoms with Crippen LogP contribution in [0.3, 0.4) is 0 Å². The van der Waals surface area contributed by atoms with Crippen LogP contribution < -0.4 is 9.21 Å². The molecule has 0 aliphatic heterocycles. The van der Waals surface area contributed by atoms with E-state index in [1.54, 1.807) is 0 Å². The Hall–Kier alpha value is -3.09. The van der Waals surface area contributed by atoms with Crippen LogP contribution in [0.4, 0.5) is 37.7 Å². The Labute approximate surface area is 191 Å². The summed E-state index contributed by atoms with van der Waals surface area (Å²) in [5.41, 5.74) is -3.23. The van der Waals surface area contributed by atoms with Crippen LogP contribution in [0.5, 0.6) is 0 Å². The average molecular weight is 510 g/mol. The number of carbonyl (C=O) groups excluding carboxylic acids is 2.